The van der Waals surface area contributed by atoms with E-state index in [1.54, 1.807) is 0 Å². The average molecular weight is 248 g/mol. The molecule has 1 aromatic rings. The van der Waals surface area contributed by atoms with Crippen molar-refractivity contribution in [1.82, 2.24) is 0 Å². The quantitative estimate of drug-likeness (QED) is 0.563. The van der Waals surface area contributed by atoms with Crippen molar-refractivity contribution in [3.8, 4) is 0 Å². The summed E-state index contributed by atoms with van der Waals surface area (Å²) in [6.07, 6.45) is -4.97. The summed E-state index contributed by atoms with van der Waals surface area (Å²) in [5, 5.41) is 0. The number of hydrogen-bond donors (Lipinski definition) is 0. The molecule has 0 N–H and O–H groups in total. The second kappa shape index (κ2) is 4.01. The molecule has 2 nitrogen and oxygen atoms in total. The van der Waals surface area contributed by atoms with Crippen LogP contribution in [-0.4, -0.2) is 5.97 Å². The lowest BCUT2D eigenvalue weighted by Crippen LogP contribution is -2.08. The predicted molar refractivity (Wildman–Crippen MR) is 49.5 cm³/mol. The van der Waals surface area contributed by atoms with Gasteiger partial charge in [0.15, 0.2) is 0 Å². The first kappa shape index (κ1) is 11.9. The molecule has 17 heavy (non-hydrogen) atoms. The molecule has 92 valence electrons. The maximum absolute atomic E-state index is 13.1. The molecule has 1 aromatic carbocycles. The third-order valence-electron chi connectivity index (χ3n) is 2.50. The molecule has 0 radical (unpaired) electrons. The van der Waals surface area contributed by atoms with E-state index in [1.807, 2.05) is 0 Å². The van der Waals surface area contributed by atoms with Gasteiger partial charge in [-0.15, -0.1) is 0 Å². The van der Waals surface area contributed by atoms with Gasteiger partial charge in [0.25, 0.3) is 0 Å². The highest BCUT2D eigenvalue weighted by atomic mass is 19.4. The Morgan fingerprint density at radius 3 is 2.47 bits per heavy atom. The molecule has 6 heteroatoms. The standard InChI is InChI=1S/C11H8F4O2/c12-8-4-6(9-1-2-10(16)17-9)3-7(5-8)11(13,14)15/h3-5,9H,1-2H2. The van der Waals surface area contributed by atoms with Gasteiger partial charge in [-0.2, -0.15) is 13.2 Å². The molecule has 1 atom stereocenters. The Balaban J connectivity index is 2.35. The van der Waals surface area contributed by atoms with E-state index in [4.69, 9.17) is 4.74 Å². The van der Waals surface area contributed by atoms with E-state index in [9.17, 15) is 22.4 Å². The van der Waals surface area contributed by atoms with Crippen LogP contribution in [0.15, 0.2) is 18.2 Å². The Morgan fingerprint density at radius 1 is 1.24 bits per heavy atom. The maximum atomic E-state index is 13.1. The van der Waals surface area contributed by atoms with E-state index >= 15 is 0 Å². The third kappa shape index (κ3) is 2.57. The zero-order valence-corrected chi connectivity index (χ0v) is 8.55. The summed E-state index contributed by atoms with van der Waals surface area (Å²) in [7, 11) is 0. The fourth-order valence-corrected chi connectivity index (χ4v) is 1.72. The number of cyclic esters (lactones) is 1. The van der Waals surface area contributed by atoms with Gasteiger partial charge in [-0.1, -0.05) is 0 Å². The van der Waals surface area contributed by atoms with E-state index < -0.39 is 29.6 Å². The van der Waals surface area contributed by atoms with Crippen molar-refractivity contribution in [2.75, 3.05) is 0 Å². The van der Waals surface area contributed by atoms with E-state index in [0.717, 1.165) is 12.1 Å². The first-order valence-corrected chi connectivity index (χ1v) is 4.93. The van der Waals surface area contributed by atoms with Crippen molar-refractivity contribution < 1.29 is 27.1 Å². The highest BCUT2D eigenvalue weighted by molar-refractivity contribution is 5.71. The molecule has 1 heterocycles. The highest BCUT2D eigenvalue weighted by Crippen LogP contribution is 2.35. The van der Waals surface area contributed by atoms with Crippen molar-refractivity contribution in [2.24, 2.45) is 0 Å². The van der Waals surface area contributed by atoms with Gasteiger partial charge in [0.1, 0.15) is 11.9 Å². The zero-order valence-electron chi connectivity index (χ0n) is 8.55. The van der Waals surface area contributed by atoms with Gasteiger partial charge >= 0.3 is 12.1 Å². The van der Waals surface area contributed by atoms with Crippen LogP contribution < -0.4 is 0 Å². The molecule has 1 saturated heterocycles. The molecule has 2 rings (SSSR count). The summed E-state index contributed by atoms with van der Waals surface area (Å²) >= 11 is 0. The van der Waals surface area contributed by atoms with E-state index in [0.29, 0.717) is 6.07 Å². The molecule has 1 fully saturated rings. The molecule has 0 aromatic heterocycles. The summed E-state index contributed by atoms with van der Waals surface area (Å²) in [6.45, 7) is 0. The molecular weight excluding hydrogens is 240 g/mol. The summed E-state index contributed by atoms with van der Waals surface area (Å²) < 4.78 is 55.2. The maximum Gasteiger partial charge on any atom is 0.416 e. The second-order valence-corrected chi connectivity index (χ2v) is 3.79. The number of carbonyl (C=O) groups is 1. The van der Waals surface area contributed by atoms with Crippen molar-refractivity contribution in [1.29, 1.82) is 0 Å². The third-order valence-corrected chi connectivity index (χ3v) is 2.50. The summed E-state index contributed by atoms with van der Waals surface area (Å²) in [4.78, 5) is 10.9. The van der Waals surface area contributed by atoms with Crippen LogP contribution in [0.1, 0.15) is 30.1 Å². The normalized spacial score (nSPS) is 20.5. The van der Waals surface area contributed by atoms with Crippen LogP contribution in [0.5, 0.6) is 0 Å². The number of halogens is 4. The molecule has 1 aliphatic rings. The number of hydrogen-bond acceptors (Lipinski definition) is 2. The van der Waals surface area contributed by atoms with Crippen molar-refractivity contribution >= 4 is 5.97 Å². The Morgan fingerprint density at radius 2 is 1.94 bits per heavy atom. The first-order chi connectivity index (χ1) is 7.86. The van der Waals surface area contributed by atoms with Gasteiger partial charge < -0.3 is 4.74 Å². The van der Waals surface area contributed by atoms with E-state index in [2.05, 4.69) is 0 Å². The fourth-order valence-electron chi connectivity index (χ4n) is 1.72. The van der Waals surface area contributed by atoms with Gasteiger partial charge in [0, 0.05) is 6.42 Å². The lowest BCUT2D eigenvalue weighted by molar-refractivity contribution is -0.141. The van der Waals surface area contributed by atoms with Gasteiger partial charge in [-0.05, 0) is 30.2 Å². The Labute approximate surface area is 94.2 Å². The number of carbonyl (C=O) groups excluding carboxylic acids is 1. The van der Waals surface area contributed by atoms with Gasteiger partial charge in [0.2, 0.25) is 0 Å². The molecule has 0 spiro atoms. The number of esters is 1. The monoisotopic (exact) mass is 248 g/mol. The van der Waals surface area contributed by atoms with Gasteiger partial charge in [-0.25, -0.2) is 4.39 Å². The Hall–Kier alpha value is -1.59. The first-order valence-electron chi connectivity index (χ1n) is 4.93. The molecule has 1 aliphatic heterocycles. The number of benzene rings is 1. The number of alkyl halides is 3. The largest absolute Gasteiger partial charge is 0.457 e. The Bertz CT molecular complexity index is 453. The lowest BCUT2D eigenvalue weighted by Gasteiger charge is -2.13. The summed E-state index contributed by atoms with van der Waals surface area (Å²) in [5.74, 6) is -1.47. The van der Waals surface area contributed by atoms with Crippen LogP contribution in [0.25, 0.3) is 0 Å². The smallest absolute Gasteiger partial charge is 0.416 e. The minimum absolute atomic E-state index is 0.0446. The summed E-state index contributed by atoms with van der Waals surface area (Å²) in [6, 6.07) is 2.19. The van der Waals surface area contributed by atoms with Crippen LogP contribution in [-0.2, 0) is 15.7 Å². The molecule has 0 amide bonds. The second-order valence-electron chi connectivity index (χ2n) is 3.79. The van der Waals surface area contributed by atoms with E-state index in [-0.39, 0.29) is 18.4 Å². The van der Waals surface area contributed by atoms with Crippen LogP contribution in [0, 0.1) is 5.82 Å². The SMILES string of the molecule is O=C1CCC(c2cc(F)cc(C(F)(F)F)c2)O1. The highest BCUT2D eigenvalue weighted by Gasteiger charge is 2.33. The number of ether oxygens (including phenoxy) is 1. The summed E-state index contributed by atoms with van der Waals surface area (Å²) in [5.41, 5.74) is -1.03. The lowest BCUT2D eigenvalue weighted by atomic mass is 10.0. The molecule has 1 unspecified atom stereocenters. The average Bonchev–Trinajstić information content (AvgIpc) is 2.62. The fraction of sp³-hybridized carbons (Fsp3) is 0.364. The molecule has 0 bridgehead atoms. The van der Waals surface area contributed by atoms with Crippen molar-refractivity contribution in [3.63, 3.8) is 0 Å². The van der Waals surface area contributed by atoms with Gasteiger partial charge in [-0.3, -0.25) is 4.79 Å². The van der Waals surface area contributed by atoms with Crippen LogP contribution in [0.3, 0.4) is 0 Å². The Kier molecular flexibility index (Phi) is 2.81. The van der Waals surface area contributed by atoms with Crippen molar-refractivity contribution in [2.45, 2.75) is 25.1 Å². The molecule has 0 saturated carbocycles. The van der Waals surface area contributed by atoms with Crippen LogP contribution in [0.4, 0.5) is 17.6 Å². The predicted octanol–water partition coefficient (Wildman–Crippen LogP) is 3.22. The minimum atomic E-state index is -4.61. The van der Waals surface area contributed by atoms with E-state index in [1.165, 1.54) is 0 Å². The number of rotatable bonds is 1. The zero-order chi connectivity index (χ0) is 12.6. The minimum Gasteiger partial charge on any atom is -0.457 e. The van der Waals surface area contributed by atoms with Crippen LogP contribution >= 0.6 is 0 Å². The van der Waals surface area contributed by atoms with Crippen LogP contribution in [0.2, 0.25) is 0 Å². The molecular formula is C11H8F4O2. The van der Waals surface area contributed by atoms with Gasteiger partial charge in [0.05, 0.1) is 5.56 Å². The topological polar surface area (TPSA) is 26.3 Å². The molecule has 0 aliphatic carbocycles. The van der Waals surface area contributed by atoms with Crippen molar-refractivity contribution in [3.05, 3.63) is 35.1 Å².